The minimum atomic E-state index is -0.629. The molecule has 1 fully saturated rings. The standard InChI is InChI=1S/C15H22FN3O3/c1-15(2,10-20)14(18-7-5-17-6-8-18)12-9-11(16)3-4-13(12)19(21)22/h3-4,9,14,17,20H,5-8,10H2,1-2H3/t14-/m1/s1. The number of benzene rings is 1. The summed E-state index contributed by atoms with van der Waals surface area (Å²) in [5, 5.41) is 24.3. The zero-order valence-electron chi connectivity index (χ0n) is 12.9. The Morgan fingerprint density at radius 1 is 1.45 bits per heavy atom. The summed E-state index contributed by atoms with van der Waals surface area (Å²) in [6, 6.07) is 3.11. The Morgan fingerprint density at radius 2 is 2.09 bits per heavy atom. The van der Waals surface area contributed by atoms with Crippen LogP contribution in [0.3, 0.4) is 0 Å². The van der Waals surface area contributed by atoms with Crippen LogP contribution in [0.2, 0.25) is 0 Å². The predicted octanol–water partition coefficient (Wildman–Crippen LogP) is 1.70. The zero-order chi connectivity index (χ0) is 16.3. The molecular weight excluding hydrogens is 289 g/mol. The fraction of sp³-hybridized carbons (Fsp3) is 0.600. The molecule has 0 unspecified atom stereocenters. The van der Waals surface area contributed by atoms with E-state index in [1.54, 1.807) is 0 Å². The van der Waals surface area contributed by atoms with Crippen molar-refractivity contribution in [1.29, 1.82) is 0 Å². The molecule has 1 atom stereocenters. The van der Waals surface area contributed by atoms with Crippen molar-refractivity contribution in [3.8, 4) is 0 Å². The van der Waals surface area contributed by atoms with E-state index in [0.717, 1.165) is 19.2 Å². The molecule has 2 rings (SSSR count). The van der Waals surface area contributed by atoms with Crippen LogP contribution in [-0.2, 0) is 0 Å². The summed E-state index contributed by atoms with van der Waals surface area (Å²) in [5.41, 5.74) is -0.409. The highest BCUT2D eigenvalue weighted by atomic mass is 19.1. The fourth-order valence-corrected chi connectivity index (χ4v) is 3.05. The van der Waals surface area contributed by atoms with E-state index in [0.29, 0.717) is 18.7 Å². The molecule has 6 nitrogen and oxygen atoms in total. The van der Waals surface area contributed by atoms with Gasteiger partial charge in [-0.05, 0) is 12.1 Å². The number of hydrogen-bond donors (Lipinski definition) is 2. The minimum Gasteiger partial charge on any atom is -0.396 e. The van der Waals surface area contributed by atoms with Gasteiger partial charge in [-0.2, -0.15) is 0 Å². The van der Waals surface area contributed by atoms with Crippen LogP contribution in [0.5, 0.6) is 0 Å². The van der Waals surface area contributed by atoms with Gasteiger partial charge in [0.2, 0.25) is 0 Å². The monoisotopic (exact) mass is 311 g/mol. The van der Waals surface area contributed by atoms with Crippen molar-refractivity contribution in [2.75, 3.05) is 32.8 Å². The van der Waals surface area contributed by atoms with Crippen LogP contribution >= 0.6 is 0 Å². The second-order valence-corrected chi connectivity index (χ2v) is 6.30. The molecule has 122 valence electrons. The summed E-state index contributed by atoms with van der Waals surface area (Å²) in [7, 11) is 0. The van der Waals surface area contributed by atoms with Crippen LogP contribution in [0.4, 0.5) is 10.1 Å². The zero-order valence-corrected chi connectivity index (χ0v) is 12.9. The molecule has 0 amide bonds. The molecule has 1 aromatic carbocycles. The molecule has 1 aliphatic rings. The first-order chi connectivity index (χ1) is 10.4. The summed E-state index contributed by atoms with van der Waals surface area (Å²) in [6.07, 6.45) is 0. The van der Waals surface area contributed by atoms with Crippen molar-refractivity contribution in [3.63, 3.8) is 0 Å². The lowest BCUT2D eigenvalue weighted by Gasteiger charge is -2.43. The van der Waals surface area contributed by atoms with E-state index in [1.807, 2.05) is 13.8 Å². The smallest absolute Gasteiger partial charge is 0.274 e. The summed E-state index contributed by atoms with van der Waals surface area (Å²) < 4.78 is 13.7. The van der Waals surface area contributed by atoms with E-state index in [9.17, 15) is 19.6 Å². The Labute approximate surface area is 129 Å². The van der Waals surface area contributed by atoms with Gasteiger partial charge >= 0.3 is 0 Å². The number of nitro groups is 1. The highest BCUT2D eigenvalue weighted by molar-refractivity contribution is 5.43. The van der Waals surface area contributed by atoms with E-state index < -0.39 is 22.2 Å². The molecule has 0 spiro atoms. The van der Waals surface area contributed by atoms with Gasteiger partial charge < -0.3 is 10.4 Å². The third-order valence-corrected chi connectivity index (χ3v) is 4.15. The molecule has 2 N–H and O–H groups in total. The van der Waals surface area contributed by atoms with Crippen LogP contribution in [0.1, 0.15) is 25.5 Å². The highest BCUT2D eigenvalue weighted by Gasteiger charge is 2.39. The van der Waals surface area contributed by atoms with E-state index in [4.69, 9.17) is 0 Å². The predicted molar refractivity (Wildman–Crippen MR) is 81.1 cm³/mol. The second kappa shape index (κ2) is 6.68. The lowest BCUT2D eigenvalue weighted by atomic mass is 9.79. The first-order valence-electron chi connectivity index (χ1n) is 7.36. The number of hydrogen-bond acceptors (Lipinski definition) is 5. The molecule has 1 heterocycles. The lowest BCUT2D eigenvalue weighted by molar-refractivity contribution is -0.386. The lowest BCUT2D eigenvalue weighted by Crippen LogP contribution is -2.49. The van der Waals surface area contributed by atoms with Crippen LogP contribution in [-0.4, -0.2) is 47.7 Å². The van der Waals surface area contributed by atoms with Gasteiger partial charge in [-0.25, -0.2) is 4.39 Å². The Bertz CT molecular complexity index is 545. The molecule has 0 aromatic heterocycles. The third-order valence-electron chi connectivity index (χ3n) is 4.15. The molecule has 22 heavy (non-hydrogen) atoms. The number of rotatable bonds is 5. The van der Waals surface area contributed by atoms with Gasteiger partial charge in [0.05, 0.1) is 10.5 Å². The largest absolute Gasteiger partial charge is 0.396 e. The number of nitrogens with one attached hydrogen (secondary N) is 1. The van der Waals surface area contributed by atoms with Gasteiger partial charge in [-0.3, -0.25) is 15.0 Å². The Kier molecular flexibility index (Phi) is 5.10. The van der Waals surface area contributed by atoms with Gasteiger partial charge in [0.15, 0.2) is 0 Å². The van der Waals surface area contributed by atoms with E-state index in [-0.39, 0.29) is 12.3 Å². The number of aliphatic hydroxyl groups excluding tert-OH is 1. The van der Waals surface area contributed by atoms with Gasteiger partial charge in [-0.1, -0.05) is 13.8 Å². The molecule has 0 aliphatic carbocycles. The fourth-order valence-electron chi connectivity index (χ4n) is 3.05. The Hall–Kier alpha value is -1.57. The average Bonchev–Trinajstić information content (AvgIpc) is 2.48. The average molecular weight is 311 g/mol. The van der Waals surface area contributed by atoms with Gasteiger partial charge in [0.25, 0.3) is 5.69 Å². The molecule has 1 aromatic rings. The second-order valence-electron chi connectivity index (χ2n) is 6.30. The van der Waals surface area contributed by atoms with E-state index in [1.165, 1.54) is 12.1 Å². The van der Waals surface area contributed by atoms with Crippen molar-refractivity contribution in [3.05, 3.63) is 39.7 Å². The van der Waals surface area contributed by atoms with Crippen molar-refractivity contribution in [1.82, 2.24) is 10.2 Å². The first-order valence-corrected chi connectivity index (χ1v) is 7.36. The van der Waals surface area contributed by atoms with Crippen LogP contribution in [0, 0.1) is 21.3 Å². The van der Waals surface area contributed by atoms with E-state index >= 15 is 0 Å². The van der Waals surface area contributed by atoms with Gasteiger partial charge in [0.1, 0.15) is 5.82 Å². The topological polar surface area (TPSA) is 78.6 Å². The molecule has 0 bridgehead atoms. The van der Waals surface area contributed by atoms with Crippen molar-refractivity contribution < 1.29 is 14.4 Å². The summed E-state index contributed by atoms with van der Waals surface area (Å²) in [6.45, 7) is 6.46. The van der Waals surface area contributed by atoms with Gasteiger partial charge in [0, 0.05) is 50.3 Å². The normalized spacial score (nSPS) is 18.2. The number of nitro benzene ring substituents is 1. The Morgan fingerprint density at radius 3 is 2.64 bits per heavy atom. The van der Waals surface area contributed by atoms with E-state index in [2.05, 4.69) is 10.2 Å². The number of nitrogens with zero attached hydrogens (tertiary/aromatic N) is 2. The highest BCUT2D eigenvalue weighted by Crippen LogP contribution is 2.42. The third kappa shape index (κ3) is 3.43. The van der Waals surface area contributed by atoms with Crippen molar-refractivity contribution >= 4 is 5.69 Å². The van der Waals surface area contributed by atoms with Crippen LogP contribution in [0.25, 0.3) is 0 Å². The SMILES string of the molecule is CC(C)(CO)[C@@H](c1cc(F)ccc1[N+](=O)[O-])N1CCNCC1. The Balaban J connectivity index is 2.53. The maximum absolute atomic E-state index is 13.7. The molecular formula is C15H22FN3O3. The van der Waals surface area contributed by atoms with Gasteiger partial charge in [-0.15, -0.1) is 0 Å². The summed E-state index contributed by atoms with van der Waals surface area (Å²) in [4.78, 5) is 12.9. The molecule has 0 radical (unpaired) electrons. The van der Waals surface area contributed by atoms with Crippen molar-refractivity contribution in [2.24, 2.45) is 5.41 Å². The first kappa shape index (κ1) is 16.8. The molecule has 0 saturated carbocycles. The molecule has 7 heteroatoms. The maximum Gasteiger partial charge on any atom is 0.274 e. The maximum atomic E-state index is 13.7. The number of aliphatic hydroxyl groups is 1. The summed E-state index contributed by atoms with van der Waals surface area (Å²) >= 11 is 0. The minimum absolute atomic E-state index is 0.105. The number of piperazine rings is 1. The van der Waals surface area contributed by atoms with Crippen LogP contribution in [0.15, 0.2) is 18.2 Å². The quantitative estimate of drug-likeness (QED) is 0.639. The molecule has 1 saturated heterocycles. The number of halogens is 1. The van der Waals surface area contributed by atoms with Crippen molar-refractivity contribution in [2.45, 2.75) is 19.9 Å². The molecule has 1 aliphatic heterocycles. The summed E-state index contributed by atoms with van der Waals surface area (Å²) in [5.74, 6) is -0.505. The van der Waals surface area contributed by atoms with Crippen LogP contribution < -0.4 is 5.32 Å².